The number of amides is 5. The number of carbonyl (C=O) groups excluding carboxylic acids is 5. The molecule has 2 fully saturated rings. The first-order valence-electron chi connectivity index (χ1n) is 15.1. The van der Waals surface area contributed by atoms with Crippen molar-refractivity contribution in [1.29, 1.82) is 0 Å². The second-order valence-corrected chi connectivity index (χ2v) is 11.7. The number of carbonyl (C=O) groups is 5. The van der Waals surface area contributed by atoms with Crippen LogP contribution in [0.25, 0.3) is 0 Å². The van der Waals surface area contributed by atoms with Crippen LogP contribution in [0.1, 0.15) is 54.3 Å². The zero-order valence-corrected chi connectivity index (χ0v) is 25.7. The quantitative estimate of drug-likeness (QED) is 0.225. The lowest BCUT2D eigenvalue weighted by Crippen LogP contribution is -2.54. The minimum atomic E-state index is -0.983. The molecule has 3 heterocycles. The van der Waals surface area contributed by atoms with E-state index in [1.54, 1.807) is 32.9 Å². The van der Waals surface area contributed by atoms with Crippen molar-refractivity contribution in [3.63, 3.8) is 0 Å². The molecule has 4 rings (SSSR count). The topological polar surface area (TPSA) is 156 Å². The predicted molar refractivity (Wildman–Crippen MR) is 158 cm³/mol. The molecule has 5 amide bonds. The Bertz CT molecular complexity index is 1210. The summed E-state index contributed by atoms with van der Waals surface area (Å²) in [6.07, 6.45) is -0.254. The fraction of sp³-hybridized carbons (Fsp3) is 0.633. The van der Waals surface area contributed by atoms with Gasteiger partial charge in [0.1, 0.15) is 11.6 Å². The number of hydrogen-bond donors (Lipinski definition) is 2. The van der Waals surface area contributed by atoms with Gasteiger partial charge in [0.25, 0.3) is 11.8 Å². The third-order valence-electron chi connectivity index (χ3n) is 7.37. The Morgan fingerprint density at radius 3 is 2.23 bits per heavy atom. The summed E-state index contributed by atoms with van der Waals surface area (Å²) in [5.74, 6) is -2.00. The van der Waals surface area contributed by atoms with Crippen LogP contribution in [0.2, 0.25) is 0 Å². The minimum absolute atomic E-state index is 0.0856. The first-order valence-corrected chi connectivity index (χ1v) is 15.1. The Morgan fingerprint density at radius 1 is 0.909 bits per heavy atom. The van der Waals surface area contributed by atoms with Gasteiger partial charge in [0, 0.05) is 45.7 Å². The molecule has 242 valence electrons. The highest BCUT2D eigenvalue weighted by atomic mass is 16.6. The number of hydrogen-bond acceptors (Lipinski definition) is 11. The lowest BCUT2D eigenvalue weighted by atomic mass is 10.0. The summed E-state index contributed by atoms with van der Waals surface area (Å²) in [4.78, 5) is 67.4. The molecule has 14 heteroatoms. The fourth-order valence-electron chi connectivity index (χ4n) is 5.25. The third-order valence-corrected chi connectivity index (χ3v) is 7.37. The van der Waals surface area contributed by atoms with E-state index in [0.29, 0.717) is 70.5 Å². The van der Waals surface area contributed by atoms with E-state index < -0.39 is 41.4 Å². The van der Waals surface area contributed by atoms with Crippen molar-refractivity contribution in [1.82, 2.24) is 20.4 Å². The van der Waals surface area contributed by atoms with Crippen molar-refractivity contribution >= 4 is 35.4 Å². The van der Waals surface area contributed by atoms with Crippen LogP contribution in [0.4, 0.5) is 10.5 Å². The van der Waals surface area contributed by atoms with Crippen LogP contribution >= 0.6 is 0 Å². The van der Waals surface area contributed by atoms with Gasteiger partial charge in [0.05, 0.1) is 56.5 Å². The van der Waals surface area contributed by atoms with Crippen LogP contribution in [-0.4, -0.2) is 130 Å². The first-order chi connectivity index (χ1) is 21.0. The van der Waals surface area contributed by atoms with E-state index >= 15 is 0 Å². The molecule has 3 aliphatic rings. The molecular formula is C30H43N5O9. The highest BCUT2D eigenvalue weighted by Crippen LogP contribution is 2.34. The van der Waals surface area contributed by atoms with Crippen molar-refractivity contribution in [3.8, 4) is 0 Å². The van der Waals surface area contributed by atoms with Crippen LogP contribution in [0.15, 0.2) is 18.2 Å². The normalized spacial score (nSPS) is 19.3. The molecule has 2 saturated heterocycles. The number of imide groups is 2. The van der Waals surface area contributed by atoms with Gasteiger partial charge < -0.3 is 29.2 Å². The van der Waals surface area contributed by atoms with Gasteiger partial charge in [-0.3, -0.25) is 34.3 Å². The molecule has 0 radical (unpaired) electrons. The van der Waals surface area contributed by atoms with Gasteiger partial charge >= 0.3 is 6.09 Å². The number of alkyl carbamates (subject to hydrolysis) is 1. The summed E-state index contributed by atoms with van der Waals surface area (Å²) in [5.41, 5.74) is 0.767. The van der Waals surface area contributed by atoms with Crippen LogP contribution in [0, 0.1) is 0 Å². The third kappa shape index (κ3) is 8.97. The van der Waals surface area contributed by atoms with Crippen molar-refractivity contribution in [2.45, 2.75) is 45.3 Å². The highest BCUT2D eigenvalue weighted by molar-refractivity contribution is 6.25. The minimum Gasteiger partial charge on any atom is -0.444 e. The predicted octanol–water partition coefficient (Wildman–Crippen LogP) is 0.784. The van der Waals surface area contributed by atoms with Crippen molar-refractivity contribution in [2.24, 2.45) is 0 Å². The number of piperazine rings is 1. The molecular weight excluding hydrogens is 574 g/mol. The van der Waals surface area contributed by atoms with E-state index in [4.69, 9.17) is 18.9 Å². The molecule has 0 spiro atoms. The molecule has 14 nitrogen and oxygen atoms in total. The number of benzene rings is 1. The van der Waals surface area contributed by atoms with Gasteiger partial charge in [-0.2, -0.15) is 0 Å². The molecule has 0 bridgehead atoms. The second kappa shape index (κ2) is 15.4. The molecule has 0 aromatic heterocycles. The average Bonchev–Trinajstić information content (AvgIpc) is 3.22. The highest BCUT2D eigenvalue weighted by Gasteiger charge is 2.46. The summed E-state index contributed by atoms with van der Waals surface area (Å²) in [6.45, 7) is 12.1. The van der Waals surface area contributed by atoms with Gasteiger partial charge in [0.2, 0.25) is 11.8 Å². The fourth-order valence-corrected chi connectivity index (χ4v) is 5.25. The van der Waals surface area contributed by atoms with Crippen LogP contribution < -0.4 is 15.5 Å². The zero-order valence-electron chi connectivity index (χ0n) is 25.7. The summed E-state index contributed by atoms with van der Waals surface area (Å²) >= 11 is 0. The van der Waals surface area contributed by atoms with Gasteiger partial charge in [0.15, 0.2) is 0 Å². The Morgan fingerprint density at radius 2 is 1.57 bits per heavy atom. The average molecular weight is 618 g/mol. The Kier molecular flexibility index (Phi) is 11.7. The van der Waals surface area contributed by atoms with E-state index in [1.165, 1.54) is 0 Å². The molecule has 0 aliphatic carbocycles. The molecule has 2 N–H and O–H groups in total. The van der Waals surface area contributed by atoms with E-state index in [2.05, 4.69) is 20.4 Å². The molecule has 44 heavy (non-hydrogen) atoms. The standard InChI is InChI=1S/C30H43N5O9/c1-30(2,3)44-29(40)31-9-15-41-17-19-43-20-18-42-16-14-33-10-12-34(13-11-33)22-6-4-5-21-25(22)28(39)35(27(21)38)23-7-8-24(36)32-26(23)37/h4-6,23H,7-20H2,1-3H3,(H,31,40)(H,32,36,37). The molecule has 1 aromatic rings. The van der Waals surface area contributed by atoms with Gasteiger partial charge in [-0.05, 0) is 39.3 Å². The Labute approximate surface area is 257 Å². The molecule has 1 atom stereocenters. The number of anilines is 1. The summed E-state index contributed by atoms with van der Waals surface area (Å²) in [5, 5.41) is 4.86. The number of nitrogens with one attached hydrogen (secondary N) is 2. The number of nitrogens with zero attached hydrogens (tertiary/aromatic N) is 3. The lowest BCUT2D eigenvalue weighted by molar-refractivity contribution is -0.136. The van der Waals surface area contributed by atoms with Gasteiger partial charge in [-0.15, -0.1) is 0 Å². The van der Waals surface area contributed by atoms with E-state index in [-0.39, 0.29) is 18.4 Å². The van der Waals surface area contributed by atoms with Gasteiger partial charge in [-0.25, -0.2) is 4.79 Å². The van der Waals surface area contributed by atoms with E-state index in [1.807, 2.05) is 6.07 Å². The van der Waals surface area contributed by atoms with E-state index in [0.717, 1.165) is 24.5 Å². The lowest BCUT2D eigenvalue weighted by Gasteiger charge is -2.36. The molecule has 3 aliphatic heterocycles. The summed E-state index contributed by atoms with van der Waals surface area (Å²) < 4.78 is 21.8. The molecule has 1 unspecified atom stereocenters. The second-order valence-electron chi connectivity index (χ2n) is 11.7. The largest absolute Gasteiger partial charge is 0.444 e. The molecule has 1 aromatic carbocycles. The maximum absolute atomic E-state index is 13.4. The van der Waals surface area contributed by atoms with Crippen molar-refractivity contribution in [3.05, 3.63) is 29.3 Å². The monoisotopic (exact) mass is 617 g/mol. The van der Waals surface area contributed by atoms with Crippen LogP contribution in [0.3, 0.4) is 0 Å². The van der Waals surface area contributed by atoms with Gasteiger partial charge in [-0.1, -0.05) is 6.07 Å². The number of ether oxygens (including phenoxy) is 4. The molecule has 0 saturated carbocycles. The number of piperidine rings is 1. The zero-order chi connectivity index (χ0) is 31.7. The SMILES string of the molecule is CC(C)(C)OC(=O)NCCOCCOCCOCCN1CCN(c2cccc3c2C(=O)N(C2CCC(=O)NC2=O)C3=O)CC1. The smallest absolute Gasteiger partial charge is 0.407 e. The number of fused-ring (bicyclic) bond motifs is 1. The number of rotatable bonds is 14. The Balaban J connectivity index is 1.09. The first kappa shape index (κ1) is 33.3. The van der Waals surface area contributed by atoms with Crippen LogP contribution in [0.5, 0.6) is 0 Å². The van der Waals surface area contributed by atoms with Crippen molar-refractivity contribution in [2.75, 3.05) is 83.8 Å². The van der Waals surface area contributed by atoms with Crippen LogP contribution in [-0.2, 0) is 28.5 Å². The van der Waals surface area contributed by atoms with Crippen molar-refractivity contribution < 1.29 is 42.9 Å². The maximum Gasteiger partial charge on any atom is 0.407 e. The van der Waals surface area contributed by atoms with E-state index in [9.17, 15) is 24.0 Å². The summed E-state index contributed by atoms with van der Waals surface area (Å²) in [7, 11) is 0. The summed E-state index contributed by atoms with van der Waals surface area (Å²) in [6, 6.07) is 4.22. The maximum atomic E-state index is 13.4. The Hall–Kier alpha value is -3.59.